The molecule has 3 rings (SSSR count). The molecule has 0 fully saturated rings. The average molecular weight is 437 g/mol. The van der Waals surface area contributed by atoms with Crippen LogP contribution in [0, 0.1) is 0 Å². The zero-order valence-corrected chi connectivity index (χ0v) is 18.2. The molecule has 0 aliphatic rings. The monoisotopic (exact) mass is 436 g/mol. The van der Waals surface area contributed by atoms with Gasteiger partial charge in [-0.05, 0) is 30.2 Å². The first-order valence-corrected chi connectivity index (χ1v) is 11.6. The van der Waals surface area contributed by atoms with Crippen molar-refractivity contribution in [3.63, 3.8) is 0 Å². The maximum atomic E-state index is 13.0. The number of carbonyl (C=O) groups excluding carboxylic acids is 2. The number of ketones is 1. The van der Waals surface area contributed by atoms with Gasteiger partial charge >= 0.3 is 0 Å². The summed E-state index contributed by atoms with van der Waals surface area (Å²) in [6, 6.07) is 24.7. The van der Waals surface area contributed by atoms with Crippen LogP contribution in [-0.2, 0) is 14.8 Å². The molecule has 0 unspecified atom stereocenters. The summed E-state index contributed by atoms with van der Waals surface area (Å²) in [6.07, 6.45) is 1.03. The Labute approximate surface area is 182 Å². The lowest BCUT2D eigenvalue weighted by Gasteiger charge is -2.25. The van der Waals surface area contributed by atoms with Crippen molar-refractivity contribution in [2.24, 2.45) is 0 Å². The van der Waals surface area contributed by atoms with E-state index in [1.54, 1.807) is 18.2 Å². The molecule has 6 nitrogen and oxygen atoms in total. The predicted octanol–water partition coefficient (Wildman–Crippen LogP) is 3.56. The normalized spacial score (nSPS) is 11.2. The summed E-state index contributed by atoms with van der Waals surface area (Å²) in [7, 11) is -3.76. The van der Waals surface area contributed by atoms with Crippen LogP contribution in [0.1, 0.15) is 34.5 Å². The molecule has 0 saturated heterocycles. The van der Waals surface area contributed by atoms with E-state index in [1.807, 2.05) is 60.7 Å². The van der Waals surface area contributed by atoms with Crippen LogP contribution in [0.4, 0.5) is 5.69 Å². The maximum absolute atomic E-state index is 13.0. The summed E-state index contributed by atoms with van der Waals surface area (Å²) < 4.78 is 25.9. The zero-order valence-electron chi connectivity index (χ0n) is 17.4. The van der Waals surface area contributed by atoms with Crippen molar-refractivity contribution >= 4 is 27.4 Å². The van der Waals surface area contributed by atoms with Crippen LogP contribution in [-0.4, -0.2) is 32.9 Å². The fourth-order valence-corrected chi connectivity index (χ4v) is 4.12. The molecular formula is C24H24N2O4S. The van der Waals surface area contributed by atoms with Crippen molar-refractivity contribution < 1.29 is 18.0 Å². The Morgan fingerprint density at radius 2 is 1.42 bits per heavy atom. The van der Waals surface area contributed by atoms with Crippen LogP contribution >= 0.6 is 0 Å². The first-order valence-electron chi connectivity index (χ1n) is 9.73. The van der Waals surface area contributed by atoms with Gasteiger partial charge in [-0.3, -0.25) is 13.9 Å². The van der Waals surface area contributed by atoms with Gasteiger partial charge in [-0.15, -0.1) is 0 Å². The summed E-state index contributed by atoms with van der Waals surface area (Å²) in [5.74, 6) is -0.649. The summed E-state index contributed by atoms with van der Waals surface area (Å²) >= 11 is 0. The predicted molar refractivity (Wildman–Crippen MR) is 122 cm³/mol. The molecule has 0 heterocycles. The zero-order chi connectivity index (χ0) is 22.4. The lowest BCUT2D eigenvalue weighted by molar-refractivity contribution is -0.120. The Hall–Kier alpha value is -3.45. The van der Waals surface area contributed by atoms with Crippen molar-refractivity contribution in [1.29, 1.82) is 0 Å². The third kappa shape index (κ3) is 5.79. The number of benzene rings is 3. The van der Waals surface area contributed by atoms with Gasteiger partial charge in [0.15, 0.2) is 5.78 Å². The van der Waals surface area contributed by atoms with E-state index in [0.29, 0.717) is 5.56 Å². The second-order valence-electron chi connectivity index (χ2n) is 7.20. The van der Waals surface area contributed by atoms with Gasteiger partial charge in [-0.25, -0.2) is 8.42 Å². The number of anilines is 1. The molecule has 3 aromatic rings. The highest BCUT2D eigenvalue weighted by molar-refractivity contribution is 7.92. The van der Waals surface area contributed by atoms with Crippen molar-refractivity contribution in [3.8, 4) is 0 Å². The quantitative estimate of drug-likeness (QED) is 0.547. The van der Waals surface area contributed by atoms with Crippen LogP contribution in [0.15, 0.2) is 84.9 Å². The number of hydrogen-bond acceptors (Lipinski definition) is 4. The first kappa shape index (κ1) is 22.2. The Morgan fingerprint density at radius 3 is 1.90 bits per heavy atom. The number of nitrogens with zero attached hydrogens (tertiary/aromatic N) is 1. The average Bonchev–Trinajstić information content (AvgIpc) is 2.76. The molecule has 31 heavy (non-hydrogen) atoms. The Kier molecular flexibility index (Phi) is 6.87. The molecule has 0 aliphatic heterocycles. The highest BCUT2D eigenvalue weighted by Crippen LogP contribution is 2.23. The highest BCUT2D eigenvalue weighted by Gasteiger charge is 2.24. The van der Waals surface area contributed by atoms with E-state index in [-0.39, 0.29) is 11.5 Å². The van der Waals surface area contributed by atoms with Gasteiger partial charge in [0.1, 0.15) is 6.54 Å². The lowest BCUT2D eigenvalue weighted by Crippen LogP contribution is -2.41. The summed E-state index contributed by atoms with van der Waals surface area (Å²) in [4.78, 5) is 24.7. The number of sulfonamides is 1. The van der Waals surface area contributed by atoms with Crippen molar-refractivity contribution in [2.75, 3.05) is 17.1 Å². The van der Waals surface area contributed by atoms with E-state index >= 15 is 0 Å². The largest absolute Gasteiger partial charge is 0.344 e. The van der Waals surface area contributed by atoms with Crippen LogP contribution in [0.5, 0.6) is 0 Å². The van der Waals surface area contributed by atoms with E-state index in [9.17, 15) is 18.0 Å². The van der Waals surface area contributed by atoms with E-state index in [0.717, 1.165) is 21.7 Å². The smallest absolute Gasteiger partial charge is 0.241 e. The Balaban J connectivity index is 1.89. The minimum absolute atomic E-state index is 0.187. The molecule has 0 spiro atoms. The van der Waals surface area contributed by atoms with Gasteiger partial charge in [0.25, 0.3) is 0 Å². The van der Waals surface area contributed by atoms with Crippen LogP contribution < -0.4 is 9.62 Å². The first-order chi connectivity index (χ1) is 14.8. The minimum atomic E-state index is -3.76. The van der Waals surface area contributed by atoms with Gasteiger partial charge in [0, 0.05) is 5.56 Å². The molecule has 0 bridgehead atoms. The Morgan fingerprint density at radius 1 is 0.871 bits per heavy atom. The maximum Gasteiger partial charge on any atom is 0.241 e. The van der Waals surface area contributed by atoms with Gasteiger partial charge in [0.2, 0.25) is 15.9 Å². The third-order valence-corrected chi connectivity index (χ3v) is 5.94. The van der Waals surface area contributed by atoms with Crippen molar-refractivity contribution in [3.05, 3.63) is 102 Å². The van der Waals surface area contributed by atoms with Gasteiger partial charge in [-0.1, -0.05) is 72.8 Å². The SMILES string of the molecule is CC(=O)c1cccc(N(CC(=O)NC(c2ccccc2)c2ccccc2)S(C)(=O)=O)c1. The summed E-state index contributed by atoms with van der Waals surface area (Å²) in [5, 5.41) is 2.95. The fourth-order valence-electron chi connectivity index (χ4n) is 3.27. The molecule has 160 valence electrons. The number of hydrogen-bond donors (Lipinski definition) is 1. The van der Waals surface area contributed by atoms with E-state index < -0.39 is 28.5 Å². The topological polar surface area (TPSA) is 83.6 Å². The van der Waals surface area contributed by atoms with Gasteiger partial charge < -0.3 is 5.32 Å². The summed E-state index contributed by atoms with van der Waals surface area (Å²) in [6.45, 7) is 0.997. The van der Waals surface area contributed by atoms with Gasteiger partial charge in [0.05, 0.1) is 18.0 Å². The number of nitrogens with one attached hydrogen (secondary N) is 1. The fraction of sp³-hybridized carbons (Fsp3) is 0.167. The molecule has 0 aromatic heterocycles. The molecule has 7 heteroatoms. The molecule has 1 amide bonds. The second-order valence-corrected chi connectivity index (χ2v) is 9.10. The molecule has 0 aliphatic carbocycles. The number of amides is 1. The van der Waals surface area contributed by atoms with Gasteiger partial charge in [-0.2, -0.15) is 0 Å². The number of carbonyl (C=O) groups is 2. The number of Topliss-reactive ketones (excluding diaryl/α,β-unsaturated/α-hetero) is 1. The third-order valence-electron chi connectivity index (χ3n) is 4.80. The van der Waals surface area contributed by atoms with Crippen LogP contribution in [0.25, 0.3) is 0 Å². The molecule has 0 saturated carbocycles. The second kappa shape index (κ2) is 9.57. The van der Waals surface area contributed by atoms with Crippen molar-refractivity contribution in [1.82, 2.24) is 5.32 Å². The molecule has 0 atom stereocenters. The highest BCUT2D eigenvalue weighted by atomic mass is 32.2. The molecule has 3 aromatic carbocycles. The lowest BCUT2D eigenvalue weighted by atomic mass is 9.99. The van der Waals surface area contributed by atoms with Crippen LogP contribution in [0.3, 0.4) is 0 Å². The molecule has 0 radical (unpaired) electrons. The van der Waals surface area contributed by atoms with E-state index in [2.05, 4.69) is 5.32 Å². The molecular weight excluding hydrogens is 412 g/mol. The number of rotatable bonds is 8. The van der Waals surface area contributed by atoms with E-state index in [1.165, 1.54) is 13.0 Å². The standard InChI is InChI=1S/C24H24N2O4S/c1-18(27)21-14-9-15-22(16-21)26(31(2,29)30)17-23(28)25-24(19-10-5-3-6-11-19)20-12-7-4-8-13-20/h3-16,24H,17H2,1-2H3,(H,25,28). The van der Waals surface area contributed by atoms with Crippen molar-refractivity contribution in [2.45, 2.75) is 13.0 Å². The summed E-state index contributed by atoms with van der Waals surface area (Å²) in [5.41, 5.74) is 2.40. The van der Waals surface area contributed by atoms with Crippen LogP contribution in [0.2, 0.25) is 0 Å². The van der Waals surface area contributed by atoms with E-state index in [4.69, 9.17) is 0 Å². The Bertz CT molecular complexity index is 1120. The molecule has 1 N–H and O–H groups in total. The minimum Gasteiger partial charge on any atom is -0.344 e.